The molecule has 0 saturated carbocycles. The summed E-state index contributed by atoms with van der Waals surface area (Å²) in [5.74, 6) is 0.788. The Morgan fingerprint density at radius 2 is 2.00 bits per heavy atom. The van der Waals surface area contributed by atoms with Crippen molar-refractivity contribution in [3.63, 3.8) is 0 Å². The first-order valence-electron chi connectivity index (χ1n) is 6.85. The number of aliphatic hydroxyl groups excluding tert-OH is 1. The van der Waals surface area contributed by atoms with Crippen LogP contribution in [0.5, 0.6) is 5.75 Å². The van der Waals surface area contributed by atoms with Crippen molar-refractivity contribution in [3.05, 3.63) is 29.8 Å². The summed E-state index contributed by atoms with van der Waals surface area (Å²) in [6, 6.07) is 7.90. The van der Waals surface area contributed by atoms with Crippen LogP contribution < -0.4 is 10.1 Å². The van der Waals surface area contributed by atoms with E-state index in [4.69, 9.17) is 9.47 Å². The fourth-order valence-corrected chi connectivity index (χ4v) is 1.67. The smallest absolute Gasteiger partial charge is 0.119 e. The normalized spacial score (nSPS) is 12.4. The maximum atomic E-state index is 9.70. The quantitative estimate of drug-likeness (QED) is 0.632. The molecule has 0 aromatic heterocycles. The second-order valence-electron chi connectivity index (χ2n) is 4.56. The van der Waals surface area contributed by atoms with Crippen LogP contribution in [0.25, 0.3) is 0 Å². The summed E-state index contributed by atoms with van der Waals surface area (Å²) in [6.07, 6.45) is 1.50. The first-order chi connectivity index (χ1) is 9.26. The Balaban J connectivity index is 2.25. The van der Waals surface area contributed by atoms with E-state index in [-0.39, 0.29) is 0 Å². The largest absolute Gasteiger partial charge is 0.491 e. The molecular weight excluding hydrogens is 242 g/mol. The number of benzene rings is 1. The number of methoxy groups -OCH3 is 1. The zero-order valence-corrected chi connectivity index (χ0v) is 11.9. The number of rotatable bonds is 10. The van der Waals surface area contributed by atoms with Gasteiger partial charge in [-0.15, -0.1) is 0 Å². The lowest BCUT2D eigenvalue weighted by molar-refractivity contribution is 0.106. The van der Waals surface area contributed by atoms with Gasteiger partial charge in [0, 0.05) is 13.7 Å². The highest BCUT2D eigenvalue weighted by Crippen LogP contribution is 2.12. The van der Waals surface area contributed by atoms with E-state index >= 15 is 0 Å². The molecule has 0 fully saturated rings. The van der Waals surface area contributed by atoms with E-state index in [9.17, 15) is 5.11 Å². The molecule has 0 aliphatic rings. The number of hydrogen-bond donors (Lipinski definition) is 2. The molecule has 2 N–H and O–H groups in total. The average Bonchev–Trinajstić information content (AvgIpc) is 2.44. The third-order valence-corrected chi connectivity index (χ3v) is 2.77. The van der Waals surface area contributed by atoms with E-state index in [0.717, 1.165) is 31.7 Å². The molecule has 0 aliphatic carbocycles. The maximum absolute atomic E-state index is 9.70. The van der Waals surface area contributed by atoms with Crippen LogP contribution in [0.1, 0.15) is 18.9 Å². The molecule has 0 bridgehead atoms. The zero-order valence-electron chi connectivity index (χ0n) is 11.9. The Morgan fingerprint density at radius 1 is 1.26 bits per heavy atom. The van der Waals surface area contributed by atoms with Crippen LogP contribution in [-0.4, -0.2) is 44.6 Å². The van der Waals surface area contributed by atoms with Gasteiger partial charge in [-0.05, 0) is 37.1 Å². The number of aliphatic hydroxyl groups is 1. The molecule has 0 unspecified atom stereocenters. The van der Waals surface area contributed by atoms with Gasteiger partial charge in [0.05, 0.1) is 6.61 Å². The summed E-state index contributed by atoms with van der Waals surface area (Å²) in [7, 11) is 1.70. The monoisotopic (exact) mass is 267 g/mol. The minimum absolute atomic E-state index is 0.314. The van der Waals surface area contributed by atoms with E-state index in [1.807, 2.05) is 24.3 Å². The summed E-state index contributed by atoms with van der Waals surface area (Å²) in [5, 5.41) is 12.9. The summed E-state index contributed by atoms with van der Waals surface area (Å²) >= 11 is 0. The lowest BCUT2D eigenvalue weighted by Gasteiger charge is -2.13. The number of nitrogens with one attached hydrogen (secondary N) is 1. The molecule has 1 aromatic carbocycles. The van der Waals surface area contributed by atoms with Gasteiger partial charge in [0.1, 0.15) is 18.5 Å². The van der Waals surface area contributed by atoms with Crippen molar-refractivity contribution in [2.75, 3.05) is 33.4 Å². The van der Waals surface area contributed by atoms with Crippen LogP contribution in [0.2, 0.25) is 0 Å². The fourth-order valence-electron chi connectivity index (χ4n) is 1.67. The first-order valence-corrected chi connectivity index (χ1v) is 6.85. The van der Waals surface area contributed by atoms with Crippen molar-refractivity contribution in [2.24, 2.45) is 0 Å². The van der Waals surface area contributed by atoms with Crippen molar-refractivity contribution < 1.29 is 14.6 Å². The van der Waals surface area contributed by atoms with Crippen molar-refractivity contribution in [1.82, 2.24) is 5.32 Å². The third kappa shape index (κ3) is 7.15. The van der Waals surface area contributed by atoms with Gasteiger partial charge in [0.25, 0.3) is 0 Å². The van der Waals surface area contributed by atoms with Crippen molar-refractivity contribution in [1.29, 1.82) is 0 Å². The Hall–Kier alpha value is -1.10. The van der Waals surface area contributed by atoms with Gasteiger partial charge in [0.15, 0.2) is 0 Å². The van der Waals surface area contributed by atoms with Gasteiger partial charge in [-0.3, -0.25) is 0 Å². The van der Waals surface area contributed by atoms with Crippen LogP contribution in [0.15, 0.2) is 24.3 Å². The molecule has 19 heavy (non-hydrogen) atoms. The molecule has 4 nitrogen and oxygen atoms in total. The first kappa shape index (κ1) is 16.0. The van der Waals surface area contributed by atoms with E-state index in [2.05, 4.69) is 12.2 Å². The van der Waals surface area contributed by atoms with Gasteiger partial charge in [0.2, 0.25) is 0 Å². The molecule has 0 heterocycles. The van der Waals surface area contributed by atoms with E-state index in [0.29, 0.717) is 13.2 Å². The van der Waals surface area contributed by atoms with Crippen LogP contribution >= 0.6 is 0 Å². The lowest BCUT2D eigenvalue weighted by Crippen LogP contribution is -2.31. The lowest BCUT2D eigenvalue weighted by atomic mass is 10.1. The van der Waals surface area contributed by atoms with Gasteiger partial charge >= 0.3 is 0 Å². The molecule has 0 spiro atoms. The molecule has 4 heteroatoms. The minimum Gasteiger partial charge on any atom is -0.491 e. The van der Waals surface area contributed by atoms with Gasteiger partial charge in [-0.2, -0.15) is 0 Å². The summed E-state index contributed by atoms with van der Waals surface area (Å²) in [5.41, 5.74) is 1.22. The van der Waals surface area contributed by atoms with Gasteiger partial charge in [-0.25, -0.2) is 0 Å². The Morgan fingerprint density at radius 3 is 2.63 bits per heavy atom. The molecule has 0 saturated heterocycles. The second kappa shape index (κ2) is 9.78. The number of hydrogen-bond acceptors (Lipinski definition) is 4. The zero-order chi connectivity index (χ0) is 13.9. The molecular formula is C15H25NO3. The SMILES string of the molecule is CCCNC[C@H](O)COc1ccc(CCOC)cc1. The minimum atomic E-state index is -0.472. The summed E-state index contributed by atoms with van der Waals surface area (Å²) in [6.45, 7) is 4.63. The van der Waals surface area contributed by atoms with Crippen molar-refractivity contribution in [3.8, 4) is 5.75 Å². The molecule has 1 aromatic rings. The maximum Gasteiger partial charge on any atom is 0.119 e. The molecule has 0 aliphatic heterocycles. The Labute approximate surface area is 115 Å². The molecule has 1 rings (SSSR count). The molecule has 0 radical (unpaired) electrons. The van der Waals surface area contributed by atoms with Crippen LogP contribution in [0.4, 0.5) is 0 Å². The summed E-state index contributed by atoms with van der Waals surface area (Å²) in [4.78, 5) is 0. The predicted molar refractivity (Wildman–Crippen MR) is 76.7 cm³/mol. The van der Waals surface area contributed by atoms with E-state index in [1.54, 1.807) is 7.11 Å². The third-order valence-electron chi connectivity index (χ3n) is 2.77. The van der Waals surface area contributed by atoms with Crippen molar-refractivity contribution >= 4 is 0 Å². The van der Waals surface area contributed by atoms with Crippen LogP contribution in [0, 0.1) is 0 Å². The molecule has 0 amide bonds. The summed E-state index contributed by atoms with van der Waals surface area (Å²) < 4.78 is 10.6. The predicted octanol–water partition coefficient (Wildman–Crippen LogP) is 1.61. The van der Waals surface area contributed by atoms with E-state index < -0.39 is 6.10 Å². The topological polar surface area (TPSA) is 50.7 Å². The molecule has 108 valence electrons. The van der Waals surface area contributed by atoms with E-state index in [1.165, 1.54) is 5.56 Å². The van der Waals surface area contributed by atoms with Gasteiger partial charge < -0.3 is 19.9 Å². The standard InChI is InChI=1S/C15H25NO3/c1-3-9-16-11-14(17)12-19-15-6-4-13(5-7-15)8-10-18-2/h4-7,14,16-17H,3,8-12H2,1-2H3/t14-/m0/s1. The highest BCUT2D eigenvalue weighted by Gasteiger charge is 2.04. The Bertz CT molecular complexity index is 327. The van der Waals surface area contributed by atoms with Crippen LogP contribution in [-0.2, 0) is 11.2 Å². The highest BCUT2D eigenvalue weighted by atomic mass is 16.5. The van der Waals surface area contributed by atoms with Gasteiger partial charge in [-0.1, -0.05) is 19.1 Å². The highest BCUT2D eigenvalue weighted by molar-refractivity contribution is 5.27. The number of ether oxygens (including phenoxy) is 2. The fraction of sp³-hybridized carbons (Fsp3) is 0.600. The van der Waals surface area contributed by atoms with Crippen LogP contribution in [0.3, 0.4) is 0 Å². The second-order valence-corrected chi connectivity index (χ2v) is 4.56. The average molecular weight is 267 g/mol. The Kier molecular flexibility index (Phi) is 8.21. The van der Waals surface area contributed by atoms with Crippen molar-refractivity contribution in [2.45, 2.75) is 25.9 Å². The molecule has 1 atom stereocenters.